The van der Waals surface area contributed by atoms with Crippen LogP contribution in [0.25, 0.3) is 11.2 Å². The van der Waals surface area contributed by atoms with Crippen molar-refractivity contribution in [2.75, 3.05) is 18.4 Å². The van der Waals surface area contributed by atoms with Crippen molar-refractivity contribution in [1.82, 2.24) is 19.5 Å². The van der Waals surface area contributed by atoms with Gasteiger partial charge in [-0.1, -0.05) is 6.08 Å². The first-order valence-corrected chi connectivity index (χ1v) is 10.1. The molecule has 0 aromatic carbocycles. The minimum atomic E-state index is -0.533. The summed E-state index contributed by atoms with van der Waals surface area (Å²) in [4.78, 5) is 14.0. The van der Waals surface area contributed by atoms with Crippen molar-refractivity contribution < 1.29 is 13.9 Å². The Kier molecular flexibility index (Phi) is 5.38. The van der Waals surface area contributed by atoms with Crippen LogP contribution in [0.4, 0.5) is 10.6 Å². The molecule has 0 saturated heterocycles. The van der Waals surface area contributed by atoms with Gasteiger partial charge in [-0.05, 0) is 51.0 Å². The van der Waals surface area contributed by atoms with Gasteiger partial charge in [0.15, 0.2) is 5.65 Å². The number of fused-ring (bicyclic) bond motifs is 1. The molecule has 160 valence electrons. The summed E-state index contributed by atoms with van der Waals surface area (Å²) in [6.07, 6.45) is 5.47. The number of furan rings is 1. The van der Waals surface area contributed by atoms with Crippen LogP contribution < -0.4 is 5.32 Å². The summed E-state index contributed by atoms with van der Waals surface area (Å²) in [5.74, 6) is 1.36. The van der Waals surface area contributed by atoms with Gasteiger partial charge in [0.25, 0.3) is 0 Å². The molecule has 0 spiro atoms. The van der Waals surface area contributed by atoms with Gasteiger partial charge in [-0.15, -0.1) is 10.2 Å². The van der Waals surface area contributed by atoms with Gasteiger partial charge in [0.1, 0.15) is 29.6 Å². The molecule has 0 atom stereocenters. The molecule has 31 heavy (non-hydrogen) atoms. The van der Waals surface area contributed by atoms with E-state index in [0.717, 1.165) is 16.9 Å². The lowest BCUT2D eigenvalue weighted by atomic mass is 9.99. The van der Waals surface area contributed by atoms with Gasteiger partial charge >= 0.3 is 6.09 Å². The monoisotopic (exact) mass is 420 g/mol. The Labute approximate surface area is 179 Å². The summed E-state index contributed by atoms with van der Waals surface area (Å²) in [7, 11) is 0. The lowest BCUT2D eigenvalue weighted by Gasteiger charge is -2.29. The summed E-state index contributed by atoms with van der Waals surface area (Å²) in [5.41, 5.74) is 2.45. The van der Waals surface area contributed by atoms with Gasteiger partial charge in [0, 0.05) is 18.7 Å². The van der Waals surface area contributed by atoms with Crippen molar-refractivity contribution in [3.8, 4) is 6.07 Å². The van der Waals surface area contributed by atoms with Crippen LogP contribution in [0.15, 0.2) is 41.3 Å². The molecule has 1 amide bonds. The molecule has 4 rings (SSSR count). The first-order chi connectivity index (χ1) is 14.9. The highest BCUT2D eigenvalue weighted by molar-refractivity contribution is 5.81. The molecule has 9 heteroatoms. The number of nitriles is 1. The number of rotatable bonds is 4. The third-order valence-corrected chi connectivity index (χ3v) is 4.91. The van der Waals surface area contributed by atoms with Crippen molar-refractivity contribution in [1.29, 1.82) is 5.26 Å². The topological polar surface area (TPSA) is 109 Å². The molecule has 4 heterocycles. The molecule has 0 saturated carbocycles. The van der Waals surface area contributed by atoms with Gasteiger partial charge < -0.3 is 19.4 Å². The average molecular weight is 420 g/mol. The Hall–Kier alpha value is -3.80. The second-order valence-electron chi connectivity index (χ2n) is 8.30. The van der Waals surface area contributed by atoms with E-state index in [0.29, 0.717) is 43.1 Å². The zero-order valence-corrected chi connectivity index (χ0v) is 17.8. The Balaban J connectivity index is 1.60. The summed E-state index contributed by atoms with van der Waals surface area (Å²) < 4.78 is 12.6. The number of nitrogens with zero attached hydrogens (tertiary/aromatic N) is 5. The number of ether oxygens (including phenoxy) is 1. The zero-order chi connectivity index (χ0) is 22.0. The van der Waals surface area contributed by atoms with Crippen molar-refractivity contribution in [3.05, 3.63) is 53.8 Å². The highest BCUT2D eigenvalue weighted by atomic mass is 16.6. The van der Waals surface area contributed by atoms with E-state index in [1.54, 1.807) is 21.9 Å². The molecular weight excluding hydrogens is 396 g/mol. The van der Waals surface area contributed by atoms with E-state index in [1.807, 2.05) is 45.0 Å². The van der Waals surface area contributed by atoms with Gasteiger partial charge in [-0.3, -0.25) is 4.40 Å². The summed E-state index contributed by atoms with van der Waals surface area (Å²) in [6.45, 7) is 6.95. The number of aromatic nitrogens is 3. The quantitative estimate of drug-likeness (QED) is 0.683. The number of amides is 1. The van der Waals surface area contributed by atoms with E-state index >= 15 is 0 Å². The third kappa shape index (κ3) is 4.38. The third-order valence-electron chi connectivity index (χ3n) is 4.91. The normalized spacial score (nSPS) is 14.3. The van der Waals surface area contributed by atoms with Crippen molar-refractivity contribution in [2.24, 2.45) is 0 Å². The maximum Gasteiger partial charge on any atom is 0.410 e. The van der Waals surface area contributed by atoms with Gasteiger partial charge in [-0.2, -0.15) is 5.26 Å². The Morgan fingerprint density at radius 3 is 2.90 bits per heavy atom. The van der Waals surface area contributed by atoms with Crippen molar-refractivity contribution >= 4 is 23.1 Å². The van der Waals surface area contributed by atoms with Crippen molar-refractivity contribution in [3.63, 3.8) is 0 Å². The number of carbonyl (C=O) groups excluding carboxylic acids is 1. The smallest absolute Gasteiger partial charge is 0.410 e. The number of hydrogen-bond donors (Lipinski definition) is 1. The average Bonchev–Trinajstić information content (AvgIpc) is 3.42. The number of carbonyl (C=O) groups is 1. The van der Waals surface area contributed by atoms with E-state index in [4.69, 9.17) is 9.15 Å². The van der Waals surface area contributed by atoms with Crippen LogP contribution >= 0.6 is 0 Å². The Morgan fingerprint density at radius 1 is 1.42 bits per heavy atom. The first-order valence-electron chi connectivity index (χ1n) is 10.1. The number of hydrogen-bond acceptors (Lipinski definition) is 7. The van der Waals surface area contributed by atoms with Gasteiger partial charge in [0.2, 0.25) is 0 Å². The molecule has 1 N–H and O–H groups in total. The highest BCUT2D eigenvalue weighted by Crippen LogP contribution is 2.30. The predicted octanol–water partition coefficient (Wildman–Crippen LogP) is 3.83. The molecule has 1 aliphatic heterocycles. The van der Waals surface area contributed by atoms with Crippen LogP contribution in [0, 0.1) is 11.3 Å². The highest BCUT2D eigenvalue weighted by Gasteiger charge is 2.25. The van der Waals surface area contributed by atoms with E-state index < -0.39 is 5.60 Å². The number of anilines is 1. The molecule has 9 nitrogen and oxygen atoms in total. The van der Waals surface area contributed by atoms with Crippen molar-refractivity contribution in [2.45, 2.75) is 39.3 Å². The fourth-order valence-corrected chi connectivity index (χ4v) is 3.48. The summed E-state index contributed by atoms with van der Waals surface area (Å²) in [6, 6.07) is 7.76. The minimum Gasteiger partial charge on any atom is -0.467 e. The molecule has 0 radical (unpaired) electrons. The Bertz CT molecular complexity index is 1160. The van der Waals surface area contributed by atoms with E-state index in [2.05, 4.69) is 21.6 Å². The fourth-order valence-electron chi connectivity index (χ4n) is 3.48. The van der Waals surface area contributed by atoms with E-state index in [9.17, 15) is 10.1 Å². The minimum absolute atomic E-state index is 0.328. The standard InChI is InChI=1S/C22H24N6O3/c1-22(2,3)31-21(29)27-8-6-15(7-9-27)18-11-16(12-23)19(28-14-25-26-20(18)28)24-13-17-5-4-10-30-17/h4-6,10-11,14,24H,7-9,13H2,1-3H3. The molecule has 0 aliphatic carbocycles. The van der Waals surface area contributed by atoms with Crippen LogP contribution in [0.5, 0.6) is 0 Å². The molecule has 3 aromatic rings. The fraction of sp³-hybridized carbons (Fsp3) is 0.364. The molecule has 0 unspecified atom stereocenters. The van der Waals surface area contributed by atoms with Gasteiger partial charge in [0.05, 0.1) is 18.4 Å². The second kappa shape index (κ2) is 8.14. The lowest BCUT2D eigenvalue weighted by molar-refractivity contribution is 0.0270. The van der Waals surface area contributed by atoms with Crippen LogP contribution in [-0.2, 0) is 11.3 Å². The summed E-state index contributed by atoms with van der Waals surface area (Å²) >= 11 is 0. The van der Waals surface area contributed by atoms with Crippen LogP contribution in [0.3, 0.4) is 0 Å². The maximum atomic E-state index is 12.3. The second-order valence-corrected chi connectivity index (χ2v) is 8.30. The molecule has 0 fully saturated rings. The predicted molar refractivity (Wildman–Crippen MR) is 114 cm³/mol. The number of pyridine rings is 1. The lowest BCUT2D eigenvalue weighted by Crippen LogP contribution is -2.39. The van der Waals surface area contributed by atoms with E-state index in [-0.39, 0.29) is 6.09 Å². The molecular formula is C22H24N6O3. The molecule has 1 aliphatic rings. The van der Waals surface area contributed by atoms with E-state index in [1.165, 1.54) is 0 Å². The van der Waals surface area contributed by atoms with Crippen LogP contribution in [-0.4, -0.2) is 44.3 Å². The molecule has 0 bridgehead atoms. The largest absolute Gasteiger partial charge is 0.467 e. The first kappa shape index (κ1) is 20.5. The number of nitrogens with one attached hydrogen (secondary N) is 1. The zero-order valence-electron chi connectivity index (χ0n) is 17.8. The SMILES string of the molecule is CC(C)(C)OC(=O)N1CC=C(c2cc(C#N)c(NCc3ccco3)n3cnnc23)CC1. The van der Waals surface area contributed by atoms with Crippen LogP contribution in [0.1, 0.15) is 44.1 Å². The molecule has 3 aromatic heterocycles. The van der Waals surface area contributed by atoms with Gasteiger partial charge in [-0.25, -0.2) is 4.79 Å². The van der Waals surface area contributed by atoms with Crippen LogP contribution in [0.2, 0.25) is 0 Å². The Morgan fingerprint density at radius 2 is 2.26 bits per heavy atom. The maximum absolute atomic E-state index is 12.3. The summed E-state index contributed by atoms with van der Waals surface area (Å²) in [5, 5.41) is 21.3.